The van der Waals surface area contributed by atoms with E-state index in [0.29, 0.717) is 30.0 Å². The molecule has 0 saturated carbocycles. The Labute approximate surface area is 111 Å². The molecule has 0 aromatic heterocycles. The molecule has 3 N–H and O–H groups in total. The van der Waals surface area contributed by atoms with Gasteiger partial charge < -0.3 is 20.5 Å². The molecule has 0 aliphatic rings. The standard InChI is InChI=1S/C13H18N2O4/c1-18-9-5-6-11(14)10(8-9)13(17)15-7-3-4-12(16)19-2/h5-6,8H,3-4,7,14H2,1-2H3,(H,15,17). The fourth-order valence-electron chi connectivity index (χ4n) is 1.49. The van der Waals surface area contributed by atoms with Gasteiger partial charge in [0.2, 0.25) is 0 Å². The fourth-order valence-corrected chi connectivity index (χ4v) is 1.49. The molecule has 0 heterocycles. The van der Waals surface area contributed by atoms with Crippen LogP contribution in [-0.2, 0) is 9.53 Å². The number of hydrogen-bond donors (Lipinski definition) is 2. The van der Waals surface area contributed by atoms with E-state index >= 15 is 0 Å². The third-order valence-electron chi connectivity index (χ3n) is 2.58. The molecule has 0 bridgehead atoms. The number of benzene rings is 1. The van der Waals surface area contributed by atoms with Gasteiger partial charge in [-0.1, -0.05) is 0 Å². The molecular formula is C13H18N2O4. The average Bonchev–Trinajstić information content (AvgIpc) is 2.43. The van der Waals surface area contributed by atoms with Crippen LogP contribution in [0.5, 0.6) is 5.75 Å². The average molecular weight is 266 g/mol. The van der Waals surface area contributed by atoms with Crippen molar-refractivity contribution >= 4 is 17.6 Å². The number of nitrogen functional groups attached to an aromatic ring is 1. The topological polar surface area (TPSA) is 90.6 Å². The minimum absolute atomic E-state index is 0.268. The fraction of sp³-hybridized carbons (Fsp3) is 0.385. The highest BCUT2D eigenvalue weighted by Gasteiger charge is 2.10. The molecule has 1 aromatic rings. The van der Waals surface area contributed by atoms with Crippen LogP contribution in [0.3, 0.4) is 0 Å². The van der Waals surface area contributed by atoms with Gasteiger partial charge in [-0.2, -0.15) is 0 Å². The summed E-state index contributed by atoms with van der Waals surface area (Å²) in [6, 6.07) is 4.87. The Morgan fingerprint density at radius 1 is 1.32 bits per heavy atom. The van der Waals surface area contributed by atoms with E-state index in [0.717, 1.165) is 0 Å². The van der Waals surface area contributed by atoms with Crippen molar-refractivity contribution in [2.75, 3.05) is 26.5 Å². The van der Waals surface area contributed by atoms with E-state index in [1.807, 2.05) is 0 Å². The van der Waals surface area contributed by atoms with Gasteiger partial charge in [-0.3, -0.25) is 9.59 Å². The summed E-state index contributed by atoms with van der Waals surface area (Å²) in [5.41, 5.74) is 6.47. The molecule has 1 rings (SSSR count). The van der Waals surface area contributed by atoms with E-state index in [4.69, 9.17) is 10.5 Å². The summed E-state index contributed by atoms with van der Waals surface area (Å²) in [7, 11) is 2.85. The van der Waals surface area contributed by atoms with Crippen molar-refractivity contribution in [3.63, 3.8) is 0 Å². The van der Waals surface area contributed by atoms with Crippen molar-refractivity contribution in [2.24, 2.45) is 0 Å². The lowest BCUT2D eigenvalue weighted by molar-refractivity contribution is -0.140. The van der Waals surface area contributed by atoms with Gasteiger partial charge in [0.05, 0.1) is 19.8 Å². The van der Waals surface area contributed by atoms with Gasteiger partial charge in [0.25, 0.3) is 5.91 Å². The smallest absolute Gasteiger partial charge is 0.305 e. The van der Waals surface area contributed by atoms with Gasteiger partial charge in [0.1, 0.15) is 5.75 Å². The summed E-state index contributed by atoms with van der Waals surface area (Å²) in [5, 5.41) is 2.69. The maximum atomic E-state index is 11.9. The molecule has 0 unspecified atom stereocenters. The lowest BCUT2D eigenvalue weighted by Gasteiger charge is -2.09. The van der Waals surface area contributed by atoms with Crippen LogP contribution < -0.4 is 15.8 Å². The molecular weight excluding hydrogens is 248 g/mol. The highest BCUT2D eigenvalue weighted by molar-refractivity contribution is 5.99. The molecule has 0 radical (unpaired) electrons. The predicted molar refractivity (Wildman–Crippen MR) is 71.0 cm³/mol. The Balaban J connectivity index is 2.51. The highest BCUT2D eigenvalue weighted by Crippen LogP contribution is 2.19. The molecule has 0 fully saturated rings. The molecule has 1 aromatic carbocycles. The van der Waals surface area contributed by atoms with Crippen molar-refractivity contribution in [3.05, 3.63) is 23.8 Å². The second-order valence-corrected chi connectivity index (χ2v) is 3.89. The summed E-state index contributed by atoms with van der Waals surface area (Å²) in [4.78, 5) is 22.8. The van der Waals surface area contributed by atoms with Gasteiger partial charge in [-0.15, -0.1) is 0 Å². The van der Waals surface area contributed by atoms with Crippen LogP contribution in [0.25, 0.3) is 0 Å². The van der Waals surface area contributed by atoms with Gasteiger partial charge >= 0.3 is 5.97 Å². The first kappa shape index (κ1) is 14.8. The van der Waals surface area contributed by atoms with Crippen LogP contribution in [-0.4, -0.2) is 32.6 Å². The lowest BCUT2D eigenvalue weighted by Crippen LogP contribution is -2.25. The Bertz CT molecular complexity index is 460. The first-order chi connectivity index (χ1) is 9.08. The normalized spacial score (nSPS) is 9.79. The number of carbonyl (C=O) groups is 2. The zero-order chi connectivity index (χ0) is 14.3. The molecule has 0 atom stereocenters. The lowest BCUT2D eigenvalue weighted by atomic mass is 10.1. The third-order valence-corrected chi connectivity index (χ3v) is 2.58. The number of nitrogens with two attached hydrogens (primary N) is 1. The van der Waals surface area contributed by atoms with E-state index in [1.165, 1.54) is 14.2 Å². The van der Waals surface area contributed by atoms with Crippen molar-refractivity contribution < 1.29 is 19.1 Å². The molecule has 1 amide bonds. The number of hydrogen-bond acceptors (Lipinski definition) is 5. The third kappa shape index (κ3) is 4.50. The second kappa shape index (κ2) is 7.25. The van der Waals surface area contributed by atoms with Crippen LogP contribution >= 0.6 is 0 Å². The van der Waals surface area contributed by atoms with Crippen molar-refractivity contribution in [2.45, 2.75) is 12.8 Å². The van der Waals surface area contributed by atoms with Crippen LogP contribution in [0, 0.1) is 0 Å². The monoisotopic (exact) mass is 266 g/mol. The van der Waals surface area contributed by atoms with Crippen molar-refractivity contribution in [3.8, 4) is 5.75 Å². The number of rotatable bonds is 6. The Morgan fingerprint density at radius 2 is 2.05 bits per heavy atom. The van der Waals surface area contributed by atoms with Crippen molar-refractivity contribution in [1.82, 2.24) is 5.32 Å². The molecule has 0 saturated heterocycles. The van der Waals surface area contributed by atoms with E-state index in [9.17, 15) is 9.59 Å². The number of methoxy groups -OCH3 is 2. The Morgan fingerprint density at radius 3 is 2.68 bits per heavy atom. The summed E-state index contributed by atoms with van der Waals surface area (Å²) >= 11 is 0. The van der Waals surface area contributed by atoms with Gasteiger partial charge in [0.15, 0.2) is 0 Å². The number of anilines is 1. The minimum atomic E-state index is -0.296. The summed E-state index contributed by atoms with van der Waals surface area (Å²) in [6.07, 6.45) is 0.784. The first-order valence-corrected chi connectivity index (χ1v) is 5.87. The van der Waals surface area contributed by atoms with E-state index in [1.54, 1.807) is 18.2 Å². The van der Waals surface area contributed by atoms with Gasteiger partial charge in [-0.25, -0.2) is 0 Å². The first-order valence-electron chi connectivity index (χ1n) is 5.87. The zero-order valence-corrected chi connectivity index (χ0v) is 11.1. The molecule has 0 aliphatic heterocycles. The van der Waals surface area contributed by atoms with Crippen LogP contribution in [0.4, 0.5) is 5.69 Å². The van der Waals surface area contributed by atoms with E-state index in [2.05, 4.69) is 10.1 Å². The molecule has 0 aliphatic carbocycles. The quantitative estimate of drug-likeness (QED) is 0.454. The van der Waals surface area contributed by atoms with Gasteiger partial charge in [0, 0.05) is 18.7 Å². The predicted octanol–water partition coefficient (Wildman–Crippen LogP) is 0.960. The minimum Gasteiger partial charge on any atom is -0.497 e. The largest absolute Gasteiger partial charge is 0.497 e. The van der Waals surface area contributed by atoms with Crippen LogP contribution in [0.15, 0.2) is 18.2 Å². The molecule has 0 spiro atoms. The van der Waals surface area contributed by atoms with E-state index < -0.39 is 0 Å². The van der Waals surface area contributed by atoms with Crippen molar-refractivity contribution in [1.29, 1.82) is 0 Å². The zero-order valence-electron chi connectivity index (χ0n) is 11.1. The molecule has 6 heteroatoms. The summed E-state index contributed by atoms with van der Waals surface area (Å²) in [5.74, 6) is -0.0229. The van der Waals surface area contributed by atoms with Crippen LogP contribution in [0.2, 0.25) is 0 Å². The van der Waals surface area contributed by atoms with E-state index in [-0.39, 0.29) is 18.3 Å². The Hall–Kier alpha value is -2.24. The number of amides is 1. The number of carbonyl (C=O) groups excluding carboxylic acids is 2. The molecule has 6 nitrogen and oxygen atoms in total. The number of nitrogens with one attached hydrogen (secondary N) is 1. The molecule has 104 valence electrons. The van der Waals surface area contributed by atoms with Crippen LogP contribution in [0.1, 0.15) is 23.2 Å². The maximum absolute atomic E-state index is 11.9. The number of ether oxygens (including phenoxy) is 2. The maximum Gasteiger partial charge on any atom is 0.305 e. The summed E-state index contributed by atoms with van der Waals surface area (Å²) < 4.78 is 9.54. The number of esters is 1. The Kier molecular flexibility index (Phi) is 5.66. The SMILES string of the molecule is COC(=O)CCCNC(=O)c1cc(OC)ccc1N. The highest BCUT2D eigenvalue weighted by atomic mass is 16.5. The van der Waals surface area contributed by atoms with Gasteiger partial charge in [-0.05, 0) is 24.6 Å². The molecule has 19 heavy (non-hydrogen) atoms. The summed E-state index contributed by atoms with van der Waals surface area (Å²) in [6.45, 7) is 0.380. The second-order valence-electron chi connectivity index (χ2n) is 3.89.